The first-order chi connectivity index (χ1) is 8.54. The van der Waals surface area contributed by atoms with Gasteiger partial charge >= 0.3 is 0 Å². The van der Waals surface area contributed by atoms with Crippen LogP contribution in [0, 0.1) is 11.3 Å². The van der Waals surface area contributed by atoms with E-state index < -0.39 is 0 Å². The molecule has 2 heteroatoms. The highest BCUT2D eigenvalue weighted by atomic mass is 16.5. The zero-order valence-corrected chi connectivity index (χ0v) is 11.9. The maximum absolute atomic E-state index is 9.50. The fourth-order valence-electron chi connectivity index (χ4n) is 3.35. The molecule has 0 aromatic rings. The molecule has 0 aromatic heterocycles. The van der Waals surface area contributed by atoms with E-state index in [0.29, 0.717) is 17.8 Å². The SMILES string of the molecule is COC1CC=C(C(C)(C)C2CC=C(O)CC2)CC1. The zero-order chi connectivity index (χ0) is 13.2. The molecule has 2 aliphatic carbocycles. The smallest absolute Gasteiger partial charge is 0.0883 e. The predicted molar refractivity (Wildman–Crippen MR) is 74.6 cm³/mol. The van der Waals surface area contributed by atoms with Crippen LogP contribution in [0.1, 0.15) is 52.4 Å². The largest absolute Gasteiger partial charge is 0.513 e. The standard InChI is InChI=1S/C16H26O2/c1-16(2,12-4-8-14(17)9-5-12)13-6-10-15(18-3)11-7-13/h6,8,12,15,17H,4-5,7,9-11H2,1-3H3. The molecule has 18 heavy (non-hydrogen) atoms. The van der Waals surface area contributed by atoms with Crippen LogP contribution in [0.4, 0.5) is 0 Å². The van der Waals surface area contributed by atoms with Crippen molar-refractivity contribution in [2.24, 2.45) is 11.3 Å². The van der Waals surface area contributed by atoms with Gasteiger partial charge in [0.05, 0.1) is 11.9 Å². The van der Waals surface area contributed by atoms with Crippen molar-refractivity contribution in [1.82, 2.24) is 0 Å². The van der Waals surface area contributed by atoms with Gasteiger partial charge in [-0.3, -0.25) is 0 Å². The molecule has 102 valence electrons. The van der Waals surface area contributed by atoms with Crippen LogP contribution in [0.25, 0.3) is 0 Å². The van der Waals surface area contributed by atoms with E-state index in [0.717, 1.165) is 38.5 Å². The summed E-state index contributed by atoms with van der Waals surface area (Å²) in [6.07, 6.45) is 11.2. The minimum Gasteiger partial charge on any atom is -0.513 e. The van der Waals surface area contributed by atoms with Gasteiger partial charge in [-0.15, -0.1) is 0 Å². The molecule has 0 aliphatic heterocycles. The molecule has 1 N–H and O–H groups in total. The molecule has 0 spiro atoms. The molecule has 2 unspecified atom stereocenters. The molecule has 2 atom stereocenters. The van der Waals surface area contributed by atoms with Crippen LogP contribution in [-0.2, 0) is 4.74 Å². The fourth-order valence-corrected chi connectivity index (χ4v) is 3.35. The second-order valence-corrected chi connectivity index (χ2v) is 6.25. The maximum atomic E-state index is 9.50. The number of hydrogen-bond donors (Lipinski definition) is 1. The van der Waals surface area contributed by atoms with E-state index in [2.05, 4.69) is 19.9 Å². The van der Waals surface area contributed by atoms with Crippen molar-refractivity contribution in [3.63, 3.8) is 0 Å². The third-order valence-corrected chi connectivity index (χ3v) is 4.93. The van der Waals surface area contributed by atoms with Gasteiger partial charge in [0.1, 0.15) is 0 Å². The molecular formula is C16H26O2. The third kappa shape index (κ3) is 2.80. The van der Waals surface area contributed by atoms with Gasteiger partial charge in [-0.25, -0.2) is 0 Å². The lowest BCUT2D eigenvalue weighted by Crippen LogP contribution is -2.30. The Morgan fingerprint density at radius 1 is 1.17 bits per heavy atom. The van der Waals surface area contributed by atoms with Crippen LogP contribution < -0.4 is 0 Å². The first-order valence-electron chi connectivity index (χ1n) is 7.14. The van der Waals surface area contributed by atoms with E-state index in [1.807, 2.05) is 13.2 Å². The molecule has 0 saturated heterocycles. The lowest BCUT2D eigenvalue weighted by Gasteiger charge is -2.40. The van der Waals surface area contributed by atoms with Crippen LogP contribution in [-0.4, -0.2) is 18.3 Å². The van der Waals surface area contributed by atoms with Gasteiger partial charge < -0.3 is 9.84 Å². The number of ether oxygens (including phenoxy) is 1. The summed E-state index contributed by atoms with van der Waals surface area (Å²) < 4.78 is 5.42. The highest BCUT2D eigenvalue weighted by molar-refractivity contribution is 5.18. The lowest BCUT2D eigenvalue weighted by molar-refractivity contribution is 0.0887. The summed E-state index contributed by atoms with van der Waals surface area (Å²) in [4.78, 5) is 0. The number of aliphatic hydroxyl groups is 1. The second kappa shape index (κ2) is 5.48. The molecule has 0 saturated carbocycles. The first kappa shape index (κ1) is 13.7. The Kier molecular flexibility index (Phi) is 4.16. The summed E-state index contributed by atoms with van der Waals surface area (Å²) >= 11 is 0. The minimum absolute atomic E-state index is 0.260. The summed E-state index contributed by atoms with van der Waals surface area (Å²) in [5.41, 5.74) is 1.85. The average Bonchev–Trinajstić information content (AvgIpc) is 2.39. The number of methoxy groups -OCH3 is 1. The predicted octanol–water partition coefficient (Wildman–Crippen LogP) is 4.38. The van der Waals surface area contributed by atoms with E-state index >= 15 is 0 Å². The van der Waals surface area contributed by atoms with Crippen molar-refractivity contribution in [1.29, 1.82) is 0 Å². The summed E-state index contributed by atoms with van der Waals surface area (Å²) in [5, 5.41) is 9.50. The zero-order valence-electron chi connectivity index (χ0n) is 11.9. The topological polar surface area (TPSA) is 29.5 Å². The van der Waals surface area contributed by atoms with Gasteiger partial charge in [0.2, 0.25) is 0 Å². The maximum Gasteiger partial charge on any atom is 0.0883 e. The number of aliphatic hydroxyl groups excluding tert-OH is 1. The van der Waals surface area contributed by atoms with Crippen molar-refractivity contribution in [3.8, 4) is 0 Å². The van der Waals surface area contributed by atoms with Crippen LogP contribution in [0.2, 0.25) is 0 Å². The van der Waals surface area contributed by atoms with Crippen molar-refractivity contribution in [3.05, 3.63) is 23.5 Å². The quantitative estimate of drug-likeness (QED) is 0.753. The Balaban J connectivity index is 2.05. The van der Waals surface area contributed by atoms with Crippen LogP contribution in [0.5, 0.6) is 0 Å². The highest BCUT2D eigenvalue weighted by Gasteiger charge is 2.34. The van der Waals surface area contributed by atoms with Crippen LogP contribution >= 0.6 is 0 Å². The normalized spacial score (nSPS) is 29.7. The molecular weight excluding hydrogens is 224 g/mol. The third-order valence-electron chi connectivity index (χ3n) is 4.93. The van der Waals surface area contributed by atoms with E-state index in [1.165, 1.54) is 0 Å². The Labute approximate surface area is 111 Å². The fraction of sp³-hybridized carbons (Fsp3) is 0.750. The highest BCUT2D eigenvalue weighted by Crippen LogP contribution is 2.45. The van der Waals surface area contributed by atoms with Crippen molar-refractivity contribution in [2.45, 2.75) is 58.5 Å². The van der Waals surface area contributed by atoms with Gasteiger partial charge in [-0.05, 0) is 49.5 Å². The number of allylic oxidation sites excluding steroid dienone is 3. The molecule has 2 rings (SSSR count). The molecule has 0 amide bonds. The van der Waals surface area contributed by atoms with Gasteiger partial charge in [-0.2, -0.15) is 0 Å². The Morgan fingerprint density at radius 3 is 2.44 bits per heavy atom. The van der Waals surface area contributed by atoms with Gasteiger partial charge in [0.25, 0.3) is 0 Å². The summed E-state index contributed by atoms with van der Waals surface area (Å²) in [5.74, 6) is 1.25. The van der Waals surface area contributed by atoms with Crippen LogP contribution in [0.15, 0.2) is 23.5 Å². The molecule has 0 aromatic carbocycles. The Bertz CT molecular complexity index is 352. The number of rotatable bonds is 3. The second-order valence-electron chi connectivity index (χ2n) is 6.25. The van der Waals surface area contributed by atoms with Crippen molar-refractivity contribution < 1.29 is 9.84 Å². The summed E-state index contributed by atoms with van der Waals surface area (Å²) in [6, 6.07) is 0. The van der Waals surface area contributed by atoms with E-state index in [9.17, 15) is 5.11 Å². The van der Waals surface area contributed by atoms with E-state index in [-0.39, 0.29) is 5.41 Å². The van der Waals surface area contributed by atoms with Crippen LogP contribution in [0.3, 0.4) is 0 Å². The van der Waals surface area contributed by atoms with Gasteiger partial charge in [-0.1, -0.05) is 25.5 Å². The summed E-state index contributed by atoms with van der Waals surface area (Å²) in [7, 11) is 1.81. The molecule has 0 radical (unpaired) electrons. The molecule has 0 heterocycles. The minimum atomic E-state index is 0.260. The molecule has 0 fully saturated rings. The molecule has 0 bridgehead atoms. The van der Waals surface area contributed by atoms with E-state index in [1.54, 1.807) is 5.57 Å². The van der Waals surface area contributed by atoms with Crippen molar-refractivity contribution in [2.75, 3.05) is 7.11 Å². The van der Waals surface area contributed by atoms with Crippen molar-refractivity contribution >= 4 is 0 Å². The number of hydrogen-bond acceptors (Lipinski definition) is 2. The van der Waals surface area contributed by atoms with E-state index in [4.69, 9.17) is 4.74 Å². The summed E-state index contributed by atoms with van der Waals surface area (Å²) in [6.45, 7) is 4.74. The Hall–Kier alpha value is -0.760. The first-order valence-corrected chi connectivity index (χ1v) is 7.14. The molecule has 2 aliphatic rings. The molecule has 2 nitrogen and oxygen atoms in total. The monoisotopic (exact) mass is 250 g/mol. The average molecular weight is 250 g/mol. The Morgan fingerprint density at radius 2 is 1.94 bits per heavy atom. The van der Waals surface area contributed by atoms with Gasteiger partial charge in [0, 0.05) is 13.5 Å². The van der Waals surface area contributed by atoms with Gasteiger partial charge in [0.15, 0.2) is 0 Å². The lowest BCUT2D eigenvalue weighted by atomic mass is 9.66.